The molecule has 0 atom stereocenters. The molecule has 3 aromatic heterocycles. The van der Waals surface area contributed by atoms with Gasteiger partial charge in [-0.2, -0.15) is 10.2 Å². The highest BCUT2D eigenvalue weighted by molar-refractivity contribution is 6.09. The van der Waals surface area contributed by atoms with E-state index in [0.29, 0.717) is 39.5 Å². The van der Waals surface area contributed by atoms with E-state index in [1.165, 1.54) is 12.3 Å². The van der Waals surface area contributed by atoms with Gasteiger partial charge in [0.2, 0.25) is 0 Å². The van der Waals surface area contributed by atoms with Gasteiger partial charge in [-0.15, -0.1) is 0 Å². The van der Waals surface area contributed by atoms with Crippen LogP contribution < -0.4 is 5.32 Å². The maximum atomic E-state index is 14.6. The Kier molecular flexibility index (Phi) is 3.75. The van der Waals surface area contributed by atoms with E-state index in [1.807, 2.05) is 24.3 Å². The summed E-state index contributed by atoms with van der Waals surface area (Å²) in [6, 6.07) is 10.5. The molecule has 0 unspecified atom stereocenters. The minimum Gasteiger partial charge on any atom is -0.322 e. The van der Waals surface area contributed by atoms with Crippen LogP contribution in [0.5, 0.6) is 0 Å². The van der Waals surface area contributed by atoms with Gasteiger partial charge in [0.15, 0.2) is 0 Å². The maximum absolute atomic E-state index is 14.6. The number of amides is 1. The molecule has 5 rings (SSSR count). The molecule has 4 aromatic rings. The molecule has 7 heteroatoms. The number of H-pyrrole nitrogens is 1. The fourth-order valence-corrected chi connectivity index (χ4v) is 3.38. The maximum Gasteiger partial charge on any atom is 0.259 e. The zero-order chi connectivity index (χ0) is 19.3. The first-order valence-electron chi connectivity index (χ1n) is 9.19. The Morgan fingerprint density at radius 1 is 1.29 bits per heavy atom. The summed E-state index contributed by atoms with van der Waals surface area (Å²) in [4.78, 5) is 12.8. The minimum atomic E-state index is -0.361. The lowest BCUT2D eigenvalue weighted by molar-refractivity contribution is 0.102. The van der Waals surface area contributed by atoms with Crippen molar-refractivity contribution >= 4 is 17.1 Å². The zero-order valence-electron chi connectivity index (χ0n) is 15.2. The van der Waals surface area contributed by atoms with E-state index in [2.05, 4.69) is 20.6 Å². The van der Waals surface area contributed by atoms with Gasteiger partial charge in [0.1, 0.15) is 5.82 Å². The SMILES string of the molecule is Cc1cc(F)c(-c2cc(C3CC3)[nH]n2)cc1NC(=O)c1cnn2ccccc12. The average Bonchev–Trinajstić information content (AvgIpc) is 3.26. The Balaban J connectivity index is 1.48. The first kappa shape index (κ1) is 16.7. The molecule has 1 fully saturated rings. The molecule has 140 valence electrons. The first-order chi connectivity index (χ1) is 13.6. The first-order valence-corrected chi connectivity index (χ1v) is 9.19. The lowest BCUT2D eigenvalue weighted by Crippen LogP contribution is -2.13. The van der Waals surface area contributed by atoms with Gasteiger partial charge in [-0.1, -0.05) is 6.07 Å². The normalized spacial score (nSPS) is 13.8. The van der Waals surface area contributed by atoms with E-state index in [1.54, 1.807) is 23.7 Å². The lowest BCUT2D eigenvalue weighted by atomic mass is 10.1. The quantitative estimate of drug-likeness (QED) is 0.558. The number of hydrogen-bond acceptors (Lipinski definition) is 3. The van der Waals surface area contributed by atoms with Gasteiger partial charge in [0.05, 0.1) is 23.0 Å². The van der Waals surface area contributed by atoms with E-state index in [0.717, 1.165) is 18.5 Å². The Labute approximate surface area is 160 Å². The number of nitrogens with one attached hydrogen (secondary N) is 2. The van der Waals surface area contributed by atoms with Crippen molar-refractivity contribution in [3.63, 3.8) is 0 Å². The second-order valence-corrected chi connectivity index (χ2v) is 7.17. The van der Waals surface area contributed by atoms with Crippen molar-refractivity contribution in [2.75, 3.05) is 5.32 Å². The average molecular weight is 375 g/mol. The molecule has 0 saturated heterocycles. The molecule has 0 bridgehead atoms. The van der Waals surface area contributed by atoms with Gasteiger partial charge in [0.25, 0.3) is 5.91 Å². The Morgan fingerprint density at radius 3 is 2.96 bits per heavy atom. The number of aryl methyl sites for hydroxylation is 1. The summed E-state index contributed by atoms with van der Waals surface area (Å²) < 4.78 is 16.2. The van der Waals surface area contributed by atoms with E-state index in [-0.39, 0.29) is 11.7 Å². The van der Waals surface area contributed by atoms with E-state index < -0.39 is 0 Å². The number of aromatic amines is 1. The molecular weight excluding hydrogens is 357 g/mol. The van der Waals surface area contributed by atoms with Crippen LogP contribution in [0.1, 0.15) is 40.4 Å². The highest BCUT2D eigenvalue weighted by Gasteiger charge is 2.26. The molecule has 1 amide bonds. The van der Waals surface area contributed by atoms with Crippen molar-refractivity contribution in [1.82, 2.24) is 19.8 Å². The summed E-state index contributed by atoms with van der Waals surface area (Å²) in [6.45, 7) is 1.76. The molecule has 6 nitrogen and oxygen atoms in total. The highest BCUT2D eigenvalue weighted by Crippen LogP contribution is 2.40. The molecule has 0 radical (unpaired) electrons. The number of nitrogens with zero attached hydrogens (tertiary/aromatic N) is 3. The molecule has 3 heterocycles. The smallest absolute Gasteiger partial charge is 0.259 e. The van der Waals surface area contributed by atoms with Crippen LogP contribution in [-0.2, 0) is 0 Å². The second-order valence-electron chi connectivity index (χ2n) is 7.17. The molecule has 1 saturated carbocycles. The molecule has 2 N–H and O–H groups in total. The number of fused-ring (bicyclic) bond motifs is 1. The predicted octanol–water partition coefficient (Wildman–Crippen LogP) is 4.30. The third-order valence-electron chi connectivity index (χ3n) is 5.12. The fourth-order valence-electron chi connectivity index (χ4n) is 3.38. The monoisotopic (exact) mass is 375 g/mol. The van der Waals surface area contributed by atoms with E-state index in [4.69, 9.17) is 0 Å². The van der Waals surface area contributed by atoms with Crippen LogP contribution >= 0.6 is 0 Å². The molecule has 1 aliphatic carbocycles. The zero-order valence-corrected chi connectivity index (χ0v) is 15.2. The summed E-state index contributed by atoms with van der Waals surface area (Å²) in [5.74, 6) is -0.146. The largest absolute Gasteiger partial charge is 0.322 e. The van der Waals surface area contributed by atoms with Crippen molar-refractivity contribution in [3.05, 3.63) is 71.4 Å². The van der Waals surface area contributed by atoms with Gasteiger partial charge in [-0.25, -0.2) is 8.91 Å². The minimum absolute atomic E-state index is 0.289. The molecule has 1 aliphatic rings. The van der Waals surface area contributed by atoms with Crippen LogP contribution in [0.2, 0.25) is 0 Å². The van der Waals surface area contributed by atoms with E-state index in [9.17, 15) is 9.18 Å². The number of carbonyl (C=O) groups excluding carboxylic acids is 1. The molecule has 0 aliphatic heterocycles. The van der Waals surface area contributed by atoms with Gasteiger partial charge in [-0.3, -0.25) is 9.89 Å². The van der Waals surface area contributed by atoms with Crippen molar-refractivity contribution in [2.24, 2.45) is 0 Å². The third kappa shape index (κ3) is 2.85. The van der Waals surface area contributed by atoms with Crippen molar-refractivity contribution in [2.45, 2.75) is 25.7 Å². The summed E-state index contributed by atoms with van der Waals surface area (Å²) in [7, 11) is 0. The fraction of sp³-hybridized carbons (Fsp3) is 0.190. The molecule has 1 aromatic carbocycles. The Bertz CT molecular complexity index is 1200. The van der Waals surface area contributed by atoms with E-state index >= 15 is 0 Å². The van der Waals surface area contributed by atoms with Crippen molar-refractivity contribution in [1.29, 1.82) is 0 Å². The standard InChI is InChI=1S/C21H18FN5O/c1-12-8-16(22)14(19-10-18(25-26-19)13-5-6-13)9-17(12)24-21(28)15-11-23-27-7-3-2-4-20(15)27/h2-4,7-11,13H,5-6H2,1H3,(H,24,28)(H,25,26). The molecule has 28 heavy (non-hydrogen) atoms. The van der Waals surface area contributed by atoms with Crippen LogP contribution in [0.4, 0.5) is 10.1 Å². The summed E-state index contributed by atoms with van der Waals surface area (Å²) in [5.41, 5.74) is 4.31. The number of benzene rings is 1. The number of hydrogen-bond donors (Lipinski definition) is 2. The second kappa shape index (κ2) is 6.30. The third-order valence-corrected chi connectivity index (χ3v) is 5.12. The summed E-state index contributed by atoms with van der Waals surface area (Å²) in [6.07, 6.45) is 5.58. The van der Waals surface area contributed by atoms with Crippen LogP contribution in [0, 0.1) is 12.7 Å². The lowest BCUT2D eigenvalue weighted by Gasteiger charge is -2.10. The van der Waals surface area contributed by atoms with Crippen LogP contribution in [0.15, 0.2) is 48.8 Å². The van der Waals surface area contributed by atoms with Crippen molar-refractivity contribution in [3.8, 4) is 11.3 Å². The number of halogens is 1. The summed E-state index contributed by atoms with van der Waals surface area (Å²) >= 11 is 0. The van der Waals surface area contributed by atoms with Crippen LogP contribution in [0.3, 0.4) is 0 Å². The van der Waals surface area contributed by atoms with Gasteiger partial charge < -0.3 is 5.32 Å². The highest BCUT2D eigenvalue weighted by atomic mass is 19.1. The van der Waals surface area contributed by atoms with Gasteiger partial charge >= 0.3 is 0 Å². The Morgan fingerprint density at radius 2 is 2.14 bits per heavy atom. The number of carbonyl (C=O) groups is 1. The number of pyridine rings is 1. The topological polar surface area (TPSA) is 75.1 Å². The van der Waals surface area contributed by atoms with Gasteiger partial charge in [0, 0.05) is 29.1 Å². The van der Waals surface area contributed by atoms with Gasteiger partial charge in [-0.05, 0) is 55.7 Å². The number of anilines is 1. The molecule has 0 spiro atoms. The molecular formula is C21H18FN5O. The Hall–Kier alpha value is -3.48. The van der Waals surface area contributed by atoms with Crippen molar-refractivity contribution < 1.29 is 9.18 Å². The number of rotatable bonds is 4. The predicted molar refractivity (Wildman–Crippen MR) is 104 cm³/mol. The number of aromatic nitrogens is 4. The van der Waals surface area contributed by atoms with Crippen LogP contribution in [0.25, 0.3) is 16.8 Å². The van der Waals surface area contributed by atoms with Crippen LogP contribution in [-0.4, -0.2) is 25.7 Å². The summed E-state index contributed by atoms with van der Waals surface area (Å²) in [5, 5.41) is 14.3.